The van der Waals surface area contributed by atoms with E-state index in [1.165, 1.54) is 18.6 Å². The van der Waals surface area contributed by atoms with Crippen molar-refractivity contribution in [2.45, 2.75) is 31.3 Å². The van der Waals surface area contributed by atoms with Gasteiger partial charge in [0.05, 0.1) is 8.49 Å². The molecule has 3 rings (SSSR count). The van der Waals surface area contributed by atoms with Crippen molar-refractivity contribution in [2.75, 3.05) is 18.4 Å². The molecule has 0 spiro atoms. The molecular formula is C13H15FIN3O2. The summed E-state index contributed by atoms with van der Waals surface area (Å²) in [4.78, 5) is 13.1. The molecule has 108 valence electrons. The topological polar surface area (TPSA) is 58.4 Å². The summed E-state index contributed by atoms with van der Waals surface area (Å²) in [5, 5.41) is 14.3. The Balaban J connectivity index is 1.86. The lowest BCUT2D eigenvalue weighted by Gasteiger charge is -2.22. The van der Waals surface area contributed by atoms with Crippen molar-refractivity contribution in [3.8, 4) is 0 Å². The van der Waals surface area contributed by atoms with Gasteiger partial charge in [0.25, 0.3) is 5.69 Å². The van der Waals surface area contributed by atoms with Gasteiger partial charge in [-0.1, -0.05) is 0 Å². The molecule has 2 saturated heterocycles. The van der Waals surface area contributed by atoms with Crippen LogP contribution in [0.2, 0.25) is 0 Å². The molecular weight excluding hydrogens is 376 g/mol. The van der Waals surface area contributed by atoms with Crippen molar-refractivity contribution in [2.24, 2.45) is 0 Å². The fourth-order valence-corrected chi connectivity index (χ4v) is 3.70. The zero-order chi connectivity index (χ0) is 14.3. The first-order valence-corrected chi connectivity index (χ1v) is 7.78. The summed E-state index contributed by atoms with van der Waals surface area (Å²) in [7, 11) is 0. The van der Waals surface area contributed by atoms with E-state index in [9.17, 15) is 14.5 Å². The summed E-state index contributed by atoms with van der Waals surface area (Å²) in [6.45, 7) is 2.12. The first-order chi connectivity index (χ1) is 9.56. The van der Waals surface area contributed by atoms with E-state index >= 15 is 0 Å². The third-order valence-electron chi connectivity index (χ3n) is 4.18. The Morgan fingerprint density at radius 2 is 2.20 bits per heavy atom. The van der Waals surface area contributed by atoms with Crippen LogP contribution in [0.15, 0.2) is 12.1 Å². The van der Waals surface area contributed by atoms with Gasteiger partial charge in [-0.25, -0.2) is 4.39 Å². The lowest BCUT2D eigenvalue weighted by Crippen LogP contribution is -2.33. The van der Waals surface area contributed by atoms with Gasteiger partial charge in [0.15, 0.2) is 0 Å². The van der Waals surface area contributed by atoms with Crippen LogP contribution in [0.3, 0.4) is 0 Å². The van der Waals surface area contributed by atoms with Crippen LogP contribution in [-0.4, -0.2) is 35.0 Å². The van der Waals surface area contributed by atoms with Crippen LogP contribution in [0.4, 0.5) is 15.8 Å². The van der Waals surface area contributed by atoms with E-state index in [-0.39, 0.29) is 15.3 Å². The highest BCUT2D eigenvalue weighted by Gasteiger charge is 2.37. The van der Waals surface area contributed by atoms with Crippen molar-refractivity contribution in [1.82, 2.24) is 4.90 Å². The van der Waals surface area contributed by atoms with E-state index in [4.69, 9.17) is 0 Å². The van der Waals surface area contributed by atoms with E-state index in [0.717, 1.165) is 25.9 Å². The quantitative estimate of drug-likeness (QED) is 0.489. The second kappa shape index (κ2) is 5.44. The Morgan fingerprint density at radius 1 is 1.40 bits per heavy atom. The third-order valence-corrected chi connectivity index (χ3v) is 5.01. The minimum absolute atomic E-state index is 0.0488. The number of nitro groups is 1. The normalized spacial score (nSPS) is 25.7. The van der Waals surface area contributed by atoms with Gasteiger partial charge in [0.2, 0.25) is 0 Å². The average molecular weight is 391 g/mol. The summed E-state index contributed by atoms with van der Waals surface area (Å²) < 4.78 is 14.0. The number of benzene rings is 1. The number of anilines is 1. The van der Waals surface area contributed by atoms with Crippen LogP contribution in [0.25, 0.3) is 0 Å². The number of halogens is 2. The van der Waals surface area contributed by atoms with Gasteiger partial charge < -0.3 is 5.32 Å². The van der Waals surface area contributed by atoms with Crippen LogP contribution in [0.1, 0.15) is 19.3 Å². The summed E-state index contributed by atoms with van der Waals surface area (Å²) in [6.07, 6.45) is 3.24. The molecule has 2 aliphatic rings. The maximum atomic E-state index is 13.7. The van der Waals surface area contributed by atoms with Crippen LogP contribution in [0.5, 0.6) is 0 Å². The number of fused-ring (bicyclic) bond motifs is 1. The van der Waals surface area contributed by atoms with Crippen LogP contribution in [0, 0.1) is 19.5 Å². The van der Waals surface area contributed by atoms with Crippen LogP contribution in [-0.2, 0) is 0 Å². The van der Waals surface area contributed by atoms with Gasteiger partial charge in [-0.15, -0.1) is 0 Å². The molecule has 0 saturated carbocycles. The zero-order valence-corrected chi connectivity index (χ0v) is 13.0. The molecule has 5 nitrogen and oxygen atoms in total. The second-order valence-corrected chi connectivity index (χ2v) is 6.49. The van der Waals surface area contributed by atoms with E-state index in [1.807, 2.05) is 0 Å². The number of hydrogen-bond acceptors (Lipinski definition) is 4. The Hall–Kier alpha value is -0.960. The van der Waals surface area contributed by atoms with Crippen molar-refractivity contribution >= 4 is 34.0 Å². The molecule has 1 N–H and O–H groups in total. The first kappa shape index (κ1) is 14.0. The van der Waals surface area contributed by atoms with Gasteiger partial charge in [0, 0.05) is 30.8 Å². The second-order valence-electron chi connectivity index (χ2n) is 5.33. The minimum Gasteiger partial charge on any atom is -0.375 e. The lowest BCUT2D eigenvalue weighted by molar-refractivity contribution is -0.384. The van der Waals surface area contributed by atoms with E-state index in [0.29, 0.717) is 11.7 Å². The molecule has 20 heavy (non-hydrogen) atoms. The maximum Gasteiger partial charge on any atom is 0.293 e. The summed E-state index contributed by atoms with van der Waals surface area (Å²) in [6, 6.07) is 3.14. The number of hydrogen-bond donors (Lipinski definition) is 1. The SMILES string of the molecule is O=[N+]([O-])c1cc(I)c(F)cc1NC1CCN2CCCC12. The molecule has 0 bridgehead atoms. The van der Waals surface area contributed by atoms with Gasteiger partial charge in [-0.3, -0.25) is 15.0 Å². The summed E-state index contributed by atoms with van der Waals surface area (Å²) in [5.41, 5.74) is 0.249. The fourth-order valence-electron chi connectivity index (χ4n) is 3.25. The van der Waals surface area contributed by atoms with Gasteiger partial charge in [-0.05, 0) is 48.4 Å². The molecule has 2 unspecified atom stereocenters. The highest BCUT2D eigenvalue weighted by Crippen LogP contribution is 2.34. The molecule has 2 heterocycles. The van der Waals surface area contributed by atoms with Crippen LogP contribution < -0.4 is 5.32 Å². The van der Waals surface area contributed by atoms with E-state index in [1.54, 1.807) is 22.6 Å². The lowest BCUT2D eigenvalue weighted by atomic mass is 10.1. The van der Waals surface area contributed by atoms with E-state index in [2.05, 4.69) is 10.2 Å². The predicted molar refractivity (Wildman–Crippen MR) is 82.4 cm³/mol. The molecule has 2 atom stereocenters. The molecule has 7 heteroatoms. The zero-order valence-electron chi connectivity index (χ0n) is 10.8. The average Bonchev–Trinajstić information content (AvgIpc) is 2.98. The van der Waals surface area contributed by atoms with Crippen molar-refractivity contribution in [1.29, 1.82) is 0 Å². The molecule has 2 fully saturated rings. The number of nitrogens with one attached hydrogen (secondary N) is 1. The van der Waals surface area contributed by atoms with Crippen molar-refractivity contribution < 1.29 is 9.31 Å². The first-order valence-electron chi connectivity index (χ1n) is 6.70. The molecule has 2 aliphatic heterocycles. The highest BCUT2D eigenvalue weighted by atomic mass is 127. The van der Waals surface area contributed by atoms with E-state index < -0.39 is 10.7 Å². The highest BCUT2D eigenvalue weighted by molar-refractivity contribution is 14.1. The largest absolute Gasteiger partial charge is 0.375 e. The molecule has 1 aromatic carbocycles. The standard InChI is InChI=1S/C13H15FIN3O2/c14-8-6-11(13(18(19)20)7-9(8)15)16-10-3-5-17-4-1-2-12(10)17/h6-7,10,12,16H,1-5H2. The molecule has 0 aliphatic carbocycles. The van der Waals surface area contributed by atoms with Gasteiger partial charge >= 0.3 is 0 Å². The van der Waals surface area contributed by atoms with Gasteiger partial charge in [-0.2, -0.15) is 0 Å². The summed E-state index contributed by atoms with van der Waals surface area (Å²) >= 11 is 1.77. The molecule has 0 amide bonds. The smallest absolute Gasteiger partial charge is 0.293 e. The van der Waals surface area contributed by atoms with Gasteiger partial charge in [0.1, 0.15) is 11.5 Å². The molecule has 0 radical (unpaired) electrons. The third kappa shape index (κ3) is 2.48. The fraction of sp³-hybridized carbons (Fsp3) is 0.538. The Kier molecular flexibility index (Phi) is 3.80. The van der Waals surface area contributed by atoms with Crippen LogP contribution >= 0.6 is 22.6 Å². The maximum absolute atomic E-state index is 13.7. The minimum atomic E-state index is -0.453. The Bertz CT molecular complexity index is 555. The number of rotatable bonds is 3. The molecule has 1 aromatic rings. The predicted octanol–water partition coefficient (Wildman–Crippen LogP) is 2.99. The Labute approximate surface area is 129 Å². The number of nitro benzene ring substituents is 1. The van der Waals surface area contributed by atoms with Crippen molar-refractivity contribution in [3.05, 3.63) is 31.6 Å². The molecule has 0 aromatic heterocycles. The number of nitrogens with zero attached hydrogens (tertiary/aromatic N) is 2. The monoisotopic (exact) mass is 391 g/mol. The Morgan fingerprint density at radius 3 is 2.95 bits per heavy atom. The van der Waals surface area contributed by atoms with Crippen molar-refractivity contribution in [3.63, 3.8) is 0 Å². The summed E-state index contributed by atoms with van der Waals surface area (Å²) in [5.74, 6) is -0.417.